The lowest BCUT2D eigenvalue weighted by molar-refractivity contribution is 0.0246. The van der Waals surface area contributed by atoms with Gasteiger partial charge >= 0.3 is 0 Å². The van der Waals surface area contributed by atoms with E-state index in [1.807, 2.05) is 0 Å². The van der Waals surface area contributed by atoms with Gasteiger partial charge in [0.25, 0.3) is 0 Å². The fraction of sp³-hybridized carbons (Fsp3) is 0.417. The van der Waals surface area contributed by atoms with Gasteiger partial charge in [-0.2, -0.15) is 0 Å². The maximum Gasteiger partial charge on any atom is 0.201 e. The Morgan fingerprint density at radius 1 is 1.21 bits per heavy atom. The van der Waals surface area contributed by atoms with Crippen LogP contribution in [-0.2, 0) is 0 Å². The molecule has 2 aromatic rings. The first kappa shape index (κ1) is 13.0. The normalized spacial score (nSPS) is 27.3. The number of aliphatic hydroxyl groups is 2. The molecule has 0 saturated heterocycles. The summed E-state index contributed by atoms with van der Waals surface area (Å²) in [5.74, 6) is 0.284. The molecule has 1 aromatic carbocycles. The Balaban J connectivity index is 2.18. The summed E-state index contributed by atoms with van der Waals surface area (Å²) in [7, 11) is 0. The van der Waals surface area contributed by atoms with Crippen molar-refractivity contribution in [2.24, 2.45) is 0 Å². The summed E-state index contributed by atoms with van der Waals surface area (Å²) in [6.07, 6.45) is -0.413. The fourth-order valence-corrected chi connectivity index (χ4v) is 2.99. The first-order valence-electron chi connectivity index (χ1n) is 5.97. The zero-order chi connectivity index (χ0) is 13.7. The molecule has 1 heterocycles. The molecule has 4 N–H and O–H groups in total. The first-order valence-corrected chi connectivity index (χ1v) is 6.73. The topological polar surface area (TPSA) is 84.3 Å². The van der Waals surface area contributed by atoms with Gasteiger partial charge in [0, 0.05) is 0 Å². The van der Waals surface area contributed by atoms with Gasteiger partial charge in [0.2, 0.25) is 5.95 Å². The second-order valence-electron chi connectivity index (χ2n) is 4.80. The van der Waals surface area contributed by atoms with Crippen molar-refractivity contribution in [1.82, 2.24) is 9.55 Å². The molecule has 0 radical (unpaired) electrons. The molecule has 0 aliphatic heterocycles. The number of aromatic nitrogens is 2. The van der Waals surface area contributed by atoms with Crippen LogP contribution in [0.25, 0.3) is 11.0 Å². The SMILES string of the molecule is Nc1nc2cc(Cl)c(Cl)cc2n1[C@@H]1CC[C@@H](O)[C@H]1O. The molecule has 1 aliphatic carbocycles. The summed E-state index contributed by atoms with van der Waals surface area (Å²) in [5.41, 5.74) is 7.25. The molecule has 1 aromatic heterocycles. The van der Waals surface area contributed by atoms with E-state index in [1.54, 1.807) is 16.7 Å². The number of benzene rings is 1. The van der Waals surface area contributed by atoms with Gasteiger partial charge in [-0.1, -0.05) is 23.2 Å². The van der Waals surface area contributed by atoms with Crippen LogP contribution in [-0.4, -0.2) is 32.0 Å². The Labute approximate surface area is 119 Å². The van der Waals surface area contributed by atoms with Crippen molar-refractivity contribution in [2.45, 2.75) is 31.1 Å². The van der Waals surface area contributed by atoms with Gasteiger partial charge in [-0.3, -0.25) is 0 Å². The van der Waals surface area contributed by atoms with Crippen LogP contribution in [0.4, 0.5) is 5.95 Å². The van der Waals surface area contributed by atoms with E-state index in [0.29, 0.717) is 33.9 Å². The van der Waals surface area contributed by atoms with Crippen molar-refractivity contribution in [3.05, 3.63) is 22.2 Å². The van der Waals surface area contributed by atoms with Crippen LogP contribution in [0.1, 0.15) is 18.9 Å². The zero-order valence-electron chi connectivity index (χ0n) is 9.92. The summed E-state index contributed by atoms with van der Waals surface area (Å²) < 4.78 is 1.72. The van der Waals surface area contributed by atoms with Gasteiger partial charge in [0.1, 0.15) is 6.10 Å². The third-order valence-electron chi connectivity index (χ3n) is 3.64. The average molecular weight is 302 g/mol. The maximum absolute atomic E-state index is 10.0. The van der Waals surface area contributed by atoms with E-state index in [-0.39, 0.29) is 12.0 Å². The Bertz CT molecular complexity index is 643. The highest BCUT2D eigenvalue weighted by Crippen LogP contribution is 2.37. The molecule has 3 rings (SSSR count). The van der Waals surface area contributed by atoms with Crippen LogP contribution >= 0.6 is 23.2 Å². The number of nitrogen functional groups attached to an aromatic ring is 1. The molecule has 0 amide bonds. The second kappa shape index (κ2) is 4.52. The number of aliphatic hydroxyl groups excluding tert-OH is 2. The van der Waals surface area contributed by atoms with E-state index in [2.05, 4.69) is 4.98 Å². The van der Waals surface area contributed by atoms with Crippen molar-refractivity contribution >= 4 is 40.2 Å². The van der Waals surface area contributed by atoms with Gasteiger partial charge in [-0.05, 0) is 25.0 Å². The lowest BCUT2D eigenvalue weighted by Gasteiger charge is -2.20. The van der Waals surface area contributed by atoms with E-state index in [4.69, 9.17) is 28.9 Å². The van der Waals surface area contributed by atoms with Crippen molar-refractivity contribution < 1.29 is 10.2 Å². The molecule has 19 heavy (non-hydrogen) atoms. The molecular weight excluding hydrogens is 289 g/mol. The maximum atomic E-state index is 10.0. The minimum absolute atomic E-state index is 0.284. The van der Waals surface area contributed by atoms with Crippen molar-refractivity contribution in [1.29, 1.82) is 0 Å². The second-order valence-corrected chi connectivity index (χ2v) is 5.61. The summed E-state index contributed by atoms with van der Waals surface area (Å²) >= 11 is 12.0. The predicted molar refractivity (Wildman–Crippen MR) is 74.5 cm³/mol. The van der Waals surface area contributed by atoms with Crippen LogP contribution in [0, 0.1) is 0 Å². The predicted octanol–water partition coefficient (Wildman–Crippen LogP) is 1.98. The minimum atomic E-state index is -0.853. The van der Waals surface area contributed by atoms with Crippen LogP contribution in [0.2, 0.25) is 10.0 Å². The van der Waals surface area contributed by atoms with Crippen molar-refractivity contribution in [3.8, 4) is 0 Å². The summed E-state index contributed by atoms with van der Waals surface area (Å²) in [6, 6.07) is 3.03. The van der Waals surface area contributed by atoms with Gasteiger partial charge in [0.15, 0.2) is 0 Å². The number of nitrogens with zero attached hydrogens (tertiary/aromatic N) is 2. The summed E-state index contributed by atoms with van der Waals surface area (Å²) in [4.78, 5) is 4.22. The summed E-state index contributed by atoms with van der Waals surface area (Å²) in [6.45, 7) is 0. The van der Waals surface area contributed by atoms with Crippen LogP contribution in [0.3, 0.4) is 0 Å². The molecular formula is C12H13Cl2N3O2. The third-order valence-corrected chi connectivity index (χ3v) is 4.36. The minimum Gasteiger partial charge on any atom is -0.390 e. The number of hydrogen-bond acceptors (Lipinski definition) is 4. The standard InChI is InChI=1S/C12H13Cl2N3O2/c13-5-3-7-9(4-6(5)14)17(12(15)16-7)8-1-2-10(18)11(8)19/h3-4,8,10-11,18-19H,1-2H2,(H2,15,16)/t8-,10-,11+/m1/s1. The Kier molecular flexibility index (Phi) is 3.09. The highest BCUT2D eigenvalue weighted by molar-refractivity contribution is 6.42. The molecule has 3 atom stereocenters. The molecule has 1 aliphatic rings. The fourth-order valence-electron chi connectivity index (χ4n) is 2.68. The largest absolute Gasteiger partial charge is 0.390 e. The van der Waals surface area contributed by atoms with Crippen LogP contribution in [0.15, 0.2) is 12.1 Å². The monoisotopic (exact) mass is 301 g/mol. The first-order chi connectivity index (χ1) is 8.99. The lowest BCUT2D eigenvalue weighted by atomic mass is 10.2. The van der Waals surface area contributed by atoms with E-state index in [9.17, 15) is 10.2 Å². The van der Waals surface area contributed by atoms with Crippen LogP contribution < -0.4 is 5.73 Å². The van der Waals surface area contributed by atoms with Gasteiger partial charge in [0.05, 0.1) is 33.2 Å². The van der Waals surface area contributed by atoms with E-state index in [0.717, 1.165) is 0 Å². The number of halogens is 2. The number of hydrogen-bond donors (Lipinski definition) is 3. The molecule has 1 fully saturated rings. The van der Waals surface area contributed by atoms with Crippen LogP contribution in [0.5, 0.6) is 0 Å². The van der Waals surface area contributed by atoms with Gasteiger partial charge < -0.3 is 20.5 Å². The number of imidazole rings is 1. The number of rotatable bonds is 1. The van der Waals surface area contributed by atoms with E-state index >= 15 is 0 Å². The molecule has 0 unspecified atom stereocenters. The lowest BCUT2D eigenvalue weighted by Crippen LogP contribution is -2.27. The van der Waals surface area contributed by atoms with E-state index in [1.165, 1.54) is 0 Å². The quantitative estimate of drug-likeness (QED) is 0.752. The molecule has 102 valence electrons. The number of nitrogens with two attached hydrogens (primary N) is 1. The highest BCUT2D eigenvalue weighted by atomic mass is 35.5. The van der Waals surface area contributed by atoms with Gasteiger partial charge in [-0.15, -0.1) is 0 Å². The van der Waals surface area contributed by atoms with Crippen molar-refractivity contribution in [3.63, 3.8) is 0 Å². The Morgan fingerprint density at radius 3 is 2.53 bits per heavy atom. The Morgan fingerprint density at radius 2 is 1.89 bits per heavy atom. The third kappa shape index (κ3) is 1.97. The smallest absolute Gasteiger partial charge is 0.201 e. The summed E-state index contributed by atoms with van der Waals surface area (Å²) in [5, 5.41) is 20.5. The average Bonchev–Trinajstić information content (AvgIpc) is 2.82. The van der Waals surface area contributed by atoms with E-state index < -0.39 is 12.2 Å². The Hall–Kier alpha value is -1.01. The highest BCUT2D eigenvalue weighted by Gasteiger charge is 2.36. The zero-order valence-corrected chi connectivity index (χ0v) is 11.4. The number of anilines is 1. The molecule has 0 spiro atoms. The van der Waals surface area contributed by atoms with Gasteiger partial charge in [-0.25, -0.2) is 4.98 Å². The molecule has 7 heteroatoms. The molecule has 1 saturated carbocycles. The molecule has 5 nitrogen and oxygen atoms in total. The molecule has 0 bridgehead atoms. The number of fused-ring (bicyclic) bond motifs is 1. The van der Waals surface area contributed by atoms with Crippen molar-refractivity contribution in [2.75, 3.05) is 5.73 Å².